The Hall–Kier alpha value is -2.40. The molecule has 2 aromatic rings. The fraction of sp³-hybridized carbons (Fsp3) is 0.294. The van der Waals surface area contributed by atoms with Crippen molar-refractivity contribution in [1.82, 2.24) is 4.90 Å². The highest BCUT2D eigenvalue weighted by atomic mass is 16.5. The van der Waals surface area contributed by atoms with Gasteiger partial charge in [0.1, 0.15) is 18.5 Å². The zero-order chi connectivity index (χ0) is 15.5. The van der Waals surface area contributed by atoms with Crippen molar-refractivity contribution >= 4 is 22.6 Å². The molecule has 2 aromatic carbocycles. The van der Waals surface area contributed by atoms with Crippen LogP contribution in [-0.2, 0) is 9.59 Å². The number of amides is 2. The molecule has 114 valence electrons. The van der Waals surface area contributed by atoms with E-state index >= 15 is 0 Å². The van der Waals surface area contributed by atoms with E-state index in [1.54, 1.807) is 0 Å². The molecule has 0 aliphatic carbocycles. The lowest BCUT2D eigenvalue weighted by Gasteiger charge is -2.19. The Bertz CT molecular complexity index is 691. The van der Waals surface area contributed by atoms with Crippen molar-refractivity contribution < 1.29 is 19.4 Å². The van der Waals surface area contributed by atoms with Crippen molar-refractivity contribution in [3.05, 3.63) is 42.5 Å². The number of β-amino-alcohol motifs (C(OH)–C–C–N with tert-alkyl or cyclic N) is 1. The highest BCUT2D eigenvalue weighted by molar-refractivity contribution is 6.01. The minimum Gasteiger partial charge on any atom is -0.490 e. The third kappa shape index (κ3) is 2.94. The molecule has 1 N–H and O–H groups in total. The van der Waals surface area contributed by atoms with Crippen LogP contribution < -0.4 is 4.74 Å². The largest absolute Gasteiger partial charge is 0.490 e. The third-order valence-corrected chi connectivity index (χ3v) is 3.73. The molecule has 1 unspecified atom stereocenters. The summed E-state index contributed by atoms with van der Waals surface area (Å²) >= 11 is 0. The molecule has 0 radical (unpaired) electrons. The van der Waals surface area contributed by atoms with Gasteiger partial charge in [0.2, 0.25) is 11.8 Å². The van der Waals surface area contributed by atoms with E-state index in [1.807, 2.05) is 42.5 Å². The van der Waals surface area contributed by atoms with Crippen LogP contribution in [0.2, 0.25) is 0 Å². The van der Waals surface area contributed by atoms with Gasteiger partial charge in [0.15, 0.2) is 0 Å². The second-order valence-corrected chi connectivity index (χ2v) is 5.34. The van der Waals surface area contributed by atoms with Gasteiger partial charge in [-0.2, -0.15) is 0 Å². The van der Waals surface area contributed by atoms with E-state index in [-0.39, 0.29) is 37.8 Å². The first-order valence-electron chi connectivity index (χ1n) is 7.27. The number of hydrogen-bond donors (Lipinski definition) is 1. The minimum absolute atomic E-state index is 0.0115. The molecule has 1 atom stereocenters. The molecule has 3 rings (SSSR count). The molecule has 0 bridgehead atoms. The minimum atomic E-state index is -0.898. The van der Waals surface area contributed by atoms with Crippen LogP contribution in [-0.4, -0.2) is 41.1 Å². The summed E-state index contributed by atoms with van der Waals surface area (Å²) in [6, 6.07) is 13.5. The number of aliphatic hydroxyl groups excluding tert-OH is 1. The van der Waals surface area contributed by atoms with Crippen LogP contribution in [0.25, 0.3) is 10.8 Å². The van der Waals surface area contributed by atoms with Gasteiger partial charge in [-0.05, 0) is 11.5 Å². The summed E-state index contributed by atoms with van der Waals surface area (Å²) < 4.78 is 5.66. The molecular formula is C17H17NO4. The first-order chi connectivity index (χ1) is 10.6. The van der Waals surface area contributed by atoms with Gasteiger partial charge in [-0.15, -0.1) is 0 Å². The highest BCUT2D eigenvalue weighted by Crippen LogP contribution is 2.25. The van der Waals surface area contributed by atoms with E-state index in [4.69, 9.17) is 4.74 Å². The molecule has 2 amide bonds. The molecule has 1 heterocycles. The lowest BCUT2D eigenvalue weighted by Crippen LogP contribution is -2.38. The lowest BCUT2D eigenvalue weighted by molar-refractivity contribution is -0.140. The van der Waals surface area contributed by atoms with E-state index in [9.17, 15) is 14.7 Å². The SMILES string of the molecule is O=C1CCC(=O)N1CC(O)COc1cccc2ccccc12. The predicted molar refractivity (Wildman–Crippen MR) is 81.4 cm³/mol. The maximum Gasteiger partial charge on any atom is 0.229 e. The summed E-state index contributed by atoms with van der Waals surface area (Å²) in [6.45, 7) is 0.0213. The van der Waals surface area contributed by atoms with Gasteiger partial charge in [0.25, 0.3) is 0 Å². The van der Waals surface area contributed by atoms with Crippen LogP contribution in [0.4, 0.5) is 0 Å². The number of benzene rings is 2. The van der Waals surface area contributed by atoms with Gasteiger partial charge in [0, 0.05) is 18.2 Å². The molecule has 0 spiro atoms. The smallest absolute Gasteiger partial charge is 0.229 e. The molecule has 1 aliphatic rings. The van der Waals surface area contributed by atoms with Gasteiger partial charge in [-0.25, -0.2) is 0 Å². The van der Waals surface area contributed by atoms with E-state index in [1.165, 1.54) is 0 Å². The first kappa shape index (κ1) is 14.5. The predicted octanol–water partition coefficient (Wildman–Crippen LogP) is 1.73. The van der Waals surface area contributed by atoms with Crippen molar-refractivity contribution in [3.8, 4) is 5.75 Å². The Kier molecular flexibility index (Phi) is 4.06. The van der Waals surface area contributed by atoms with E-state index < -0.39 is 6.10 Å². The van der Waals surface area contributed by atoms with Crippen LogP contribution in [0.15, 0.2) is 42.5 Å². The zero-order valence-corrected chi connectivity index (χ0v) is 12.1. The molecular weight excluding hydrogens is 282 g/mol. The summed E-state index contributed by atoms with van der Waals surface area (Å²) in [4.78, 5) is 24.2. The number of carbonyl (C=O) groups is 2. The Morgan fingerprint density at radius 1 is 1.05 bits per heavy atom. The topological polar surface area (TPSA) is 66.8 Å². The maximum atomic E-state index is 11.5. The second-order valence-electron chi connectivity index (χ2n) is 5.34. The molecule has 5 nitrogen and oxygen atoms in total. The van der Waals surface area contributed by atoms with Crippen molar-refractivity contribution in [3.63, 3.8) is 0 Å². The quantitative estimate of drug-likeness (QED) is 0.854. The summed E-state index contributed by atoms with van der Waals surface area (Å²) in [5.74, 6) is 0.222. The fourth-order valence-electron chi connectivity index (χ4n) is 2.60. The maximum absolute atomic E-state index is 11.5. The Labute approximate surface area is 128 Å². The van der Waals surface area contributed by atoms with Crippen LogP contribution in [0, 0.1) is 0 Å². The van der Waals surface area contributed by atoms with Crippen molar-refractivity contribution in [1.29, 1.82) is 0 Å². The van der Waals surface area contributed by atoms with Crippen molar-refractivity contribution in [2.75, 3.05) is 13.2 Å². The number of rotatable bonds is 5. The van der Waals surface area contributed by atoms with Crippen LogP contribution in [0.5, 0.6) is 5.75 Å². The first-order valence-corrected chi connectivity index (χ1v) is 7.27. The van der Waals surface area contributed by atoms with Gasteiger partial charge in [0.05, 0.1) is 6.54 Å². The normalized spacial score (nSPS) is 16.3. The van der Waals surface area contributed by atoms with Crippen LogP contribution >= 0.6 is 0 Å². The van der Waals surface area contributed by atoms with Gasteiger partial charge < -0.3 is 9.84 Å². The Morgan fingerprint density at radius 3 is 2.50 bits per heavy atom. The standard InChI is InChI=1S/C17H17NO4/c19-13(10-18-16(20)8-9-17(18)21)11-22-15-7-3-5-12-4-1-2-6-14(12)15/h1-7,13,19H,8-11H2. The van der Waals surface area contributed by atoms with Crippen LogP contribution in [0.3, 0.4) is 0 Å². The molecule has 1 fully saturated rings. The van der Waals surface area contributed by atoms with E-state index in [2.05, 4.69) is 0 Å². The van der Waals surface area contributed by atoms with Crippen LogP contribution in [0.1, 0.15) is 12.8 Å². The van der Waals surface area contributed by atoms with E-state index in [0.717, 1.165) is 15.7 Å². The number of carbonyl (C=O) groups excluding carboxylic acids is 2. The Balaban J connectivity index is 1.64. The average Bonchev–Trinajstić information content (AvgIpc) is 2.85. The number of fused-ring (bicyclic) bond motifs is 1. The van der Waals surface area contributed by atoms with Crippen molar-refractivity contribution in [2.45, 2.75) is 18.9 Å². The monoisotopic (exact) mass is 299 g/mol. The zero-order valence-electron chi connectivity index (χ0n) is 12.1. The number of aliphatic hydroxyl groups is 1. The fourth-order valence-corrected chi connectivity index (χ4v) is 2.60. The lowest BCUT2D eigenvalue weighted by atomic mass is 10.1. The number of hydrogen-bond acceptors (Lipinski definition) is 4. The van der Waals surface area contributed by atoms with E-state index in [0.29, 0.717) is 5.75 Å². The molecule has 1 aliphatic heterocycles. The van der Waals surface area contributed by atoms with Crippen molar-refractivity contribution in [2.24, 2.45) is 0 Å². The molecule has 0 aromatic heterocycles. The molecule has 5 heteroatoms. The average molecular weight is 299 g/mol. The molecule has 22 heavy (non-hydrogen) atoms. The molecule has 0 saturated carbocycles. The summed E-state index contributed by atoms with van der Waals surface area (Å²) in [6.07, 6.45) is -0.434. The number of imide groups is 1. The summed E-state index contributed by atoms with van der Waals surface area (Å²) in [5, 5.41) is 12.0. The molecule has 1 saturated heterocycles. The number of likely N-dealkylation sites (tertiary alicyclic amines) is 1. The summed E-state index contributed by atoms with van der Waals surface area (Å²) in [7, 11) is 0. The number of ether oxygens (including phenoxy) is 1. The third-order valence-electron chi connectivity index (χ3n) is 3.73. The highest BCUT2D eigenvalue weighted by Gasteiger charge is 2.30. The van der Waals surface area contributed by atoms with Gasteiger partial charge in [-0.1, -0.05) is 36.4 Å². The number of nitrogens with zero attached hydrogens (tertiary/aromatic N) is 1. The second kappa shape index (κ2) is 6.15. The summed E-state index contributed by atoms with van der Waals surface area (Å²) in [5.41, 5.74) is 0. The Morgan fingerprint density at radius 2 is 1.73 bits per heavy atom. The van der Waals surface area contributed by atoms with Gasteiger partial charge in [-0.3, -0.25) is 14.5 Å². The van der Waals surface area contributed by atoms with Gasteiger partial charge >= 0.3 is 0 Å².